The van der Waals surface area contributed by atoms with Crippen LogP contribution in [0.5, 0.6) is 0 Å². The van der Waals surface area contributed by atoms with Gasteiger partial charge in [0.15, 0.2) is 0 Å². The van der Waals surface area contributed by atoms with E-state index in [1.54, 1.807) is 4.90 Å². The van der Waals surface area contributed by atoms with Gasteiger partial charge in [-0.25, -0.2) is 0 Å². The Morgan fingerprint density at radius 1 is 1.25 bits per heavy atom. The van der Waals surface area contributed by atoms with E-state index >= 15 is 0 Å². The van der Waals surface area contributed by atoms with Crippen molar-refractivity contribution in [3.05, 3.63) is 29.8 Å². The molecule has 1 aromatic carbocycles. The zero-order chi connectivity index (χ0) is 16.9. The lowest BCUT2D eigenvalue weighted by Crippen LogP contribution is -2.49. The number of para-hydroxylation sites is 1. The zero-order valence-corrected chi connectivity index (χ0v) is 14.2. The molecule has 2 heterocycles. The number of nitrogens with one attached hydrogen (secondary N) is 1. The minimum absolute atomic E-state index is 0.00622. The second-order valence-corrected chi connectivity index (χ2v) is 6.21. The number of anilines is 1. The number of carbonyl (C=O) groups is 2. The van der Waals surface area contributed by atoms with Crippen molar-refractivity contribution in [1.82, 2.24) is 10.2 Å². The highest BCUT2D eigenvalue weighted by Crippen LogP contribution is 2.32. The summed E-state index contributed by atoms with van der Waals surface area (Å²) in [5.74, 6) is -0.0745. The van der Waals surface area contributed by atoms with Crippen LogP contribution in [0.3, 0.4) is 0 Å². The Morgan fingerprint density at radius 3 is 2.75 bits per heavy atom. The number of fused-ring (bicyclic) bond motifs is 1. The molecule has 2 aliphatic rings. The van der Waals surface area contributed by atoms with Crippen LogP contribution in [0.4, 0.5) is 5.69 Å². The summed E-state index contributed by atoms with van der Waals surface area (Å²) in [7, 11) is 0. The Labute approximate surface area is 142 Å². The summed E-state index contributed by atoms with van der Waals surface area (Å²) in [5.41, 5.74) is 1.94. The number of morpholine rings is 1. The fourth-order valence-electron chi connectivity index (χ4n) is 3.35. The molecule has 0 unspecified atom stereocenters. The van der Waals surface area contributed by atoms with E-state index in [2.05, 4.69) is 10.2 Å². The molecule has 1 fully saturated rings. The first kappa shape index (κ1) is 16.9. The maximum absolute atomic E-state index is 12.6. The summed E-state index contributed by atoms with van der Waals surface area (Å²) in [5, 5.41) is 3.00. The molecule has 6 nitrogen and oxygen atoms in total. The van der Waals surface area contributed by atoms with Crippen molar-refractivity contribution >= 4 is 17.5 Å². The number of rotatable bonds is 5. The fourth-order valence-corrected chi connectivity index (χ4v) is 3.35. The third-order valence-electron chi connectivity index (χ3n) is 4.68. The van der Waals surface area contributed by atoms with Gasteiger partial charge in [0.1, 0.15) is 6.04 Å². The van der Waals surface area contributed by atoms with Crippen molar-refractivity contribution in [3.8, 4) is 0 Å². The SMILES string of the molecule is CCC(=O)N1c2ccccc2C[C@@H]1C(=O)NCCN1CCOCC1. The molecule has 1 N–H and O–H groups in total. The molecule has 0 aliphatic carbocycles. The van der Waals surface area contributed by atoms with E-state index in [1.807, 2.05) is 31.2 Å². The lowest BCUT2D eigenvalue weighted by Gasteiger charge is -2.27. The number of carbonyl (C=O) groups excluding carboxylic acids is 2. The Bertz CT molecular complexity index is 599. The van der Waals surface area contributed by atoms with E-state index in [9.17, 15) is 9.59 Å². The molecule has 3 rings (SSSR count). The third kappa shape index (κ3) is 3.60. The zero-order valence-electron chi connectivity index (χ0n) is 14.2. The molecular formula is C18H25N3O3. The van der Waals surface area contributed by atoms with E-state index in [1.165, 1.54) is 0 Å². The molecule has 0 aromatic heterocycles. The molecule has 24 heavy (non-hydrogen) atoms. The summed E-state index contributed by atoms with van der Waals surface area (Å²) in [6, 6.07) is 7.34. The second kappa shape index (κ2) is 7.77. The van der Waals surface area contributed by atoms with Crippen LogP contribution in [0.2, 0.25) is 0 Å². The van der Waals surface area contributed by atoms with E-state index in [4.69, 9.17) is 4.74 Å². The Hall–Kier alpha value is -1.92. The van der Waals surface area contributed by atoms with Crippen LogP contribution >= 0.6 is 0 Å². The van der Waals surface area contributed by atoms with Gasteiger partial charge in [0.05, 0.1) is 13.2 Å². The van der Waals surface area contributed by atoms with Crippen LogP contribution in [0.25, 0.3) is 0 Å². The van der Waals surface area contributed by atoms with Crippen LogP contribution in [0, 0.1) is 0 Å². The average molecular weight is 331 g/mol. The van der Waals surface area contributed by atoms with Crippen molar-refractivity contribution in [3.63, 3.8) is 0 Å². The Balaban J connectivity index is 1.60. The highest BCUT2D eigenvalue weighted by Gasteiger charge is 2.37. The Kier molecular flexibility index (Phi) is 5.48. The van der Waals surface area contributed by atoms with Gasteiger partial charge in [-0.15, -0.1) is 0 Å². The number of amides is 2. The van der Waals surface area contributed by atoms with Crippen LogP contribution in [-0.2, 0) is 20.7 Å². The fraction of sp³-hybridized carbons (Fsp3) is 0.556. The molecule has 130 valence electrons. The van der Waals surface area contributed by atoms with E-state index in [0.717, 1.165) is 44.1 Å². The van der Waals surface area contributed by atoms with Gasteiger partial charge in [-0.2, -0.15) is 0 Å². The van der Waals surface area contributed by atoms with Crippen LogP contribution < -0.4 is 10.2 Å². The number of nitrogens with zero attached hydrogens (tertiary/aromatic N) is 2. The normalized spacial score (nSPS) is 20.7. The molecule has 1 saturated heterocycles. The van der Waals surface area contributed by atoms with Crippen molar-refractivity contribution < 1.29 is 14.3 Å². The summed E-state index contributed by atoms with van der Waals surface area (Å²) < 4.78 is 5.32. The van der Waals surface area contributed by atoms with Gasteiger partial charge in [0.2, 0.25) is 11.8 Å². The molecule has 6 heteroatoms. The van der Waals surface area contributed by atoms with E-state index < -0.39 is 6.04 Å². The maximum atomic E-state index is 12.6. The Morgan fingerprint density at radius 2 is 2.00 bits per heavy atom. The summed E-state index contributed by atoms with van der Waals surface area (Å²) >= 11 is 0. The molecule has 1 aromatic rings. The minimum atomic E-state index is -0.431. The predicted molar refractivity (Wildman–Crippen MR) is 92.0 cm³/mol. The molecule has 2 amide bonds. The predicted octanol–water partition coefficient (Wildman–Crippen LogP) is 0.803. The minimum Gasteiger partial charge on any atom is -0.379 e. The molecule has 2 aliphatic heterocycles. The van der Waals surface area contributed by atoms with Crippen molar-refractivity contribution in [2.24, 2.45) is 0 Å². The molecule has 0 spiro atoms. The quantitative estimate of drug-likeness (QED) is 0.867. The number of hydrogen-bond acceptors (Lipinski definition) is 4. The van der Waals surface area contributed by atoms with Crippen molar-refractivity contribution in [2.45, 2.75) is 25.8 Å². The smallest absolute Gasteiger partial charge is 0.243 e. The number of ether oxygens (including phenoxy) is 1. The van der Waals surface area contributed by atoms with Crippen molar-refractivity contribution in [1.29, 1.82) is 0 Å². The van der Waals surface area contributed by atoms with Gasteiger partial charge in [0, 0.05) is 44.7 Å². The van der Waals surface area contributed by atoms with Gasteiger partial charge < -0.3 is 10.1 Å². The maximum Gasteiger partial charge on any atom is 0.243 e. The summed E-state index contributed by atoms with van der Waals surface area (Å²) in [6.07, 6.45) is 0.983. The molecular weight excluding hydrogens is 306 g/mol. The van der Waals surface area contributed by atoms with Gasteiger partial charge in [-0.05, 0) is 11.6 Å². The highest BCUT2D eigenvalue weighted by molar-refractivity contribution is 6.03. The first-order chi connectivity index (χ1) is 11.7. The van der Waals surface area contributed by atoms with Gasteiger partial charge in [-0.3, -0.25) is 19.4 Å². The van der Waals surface area contributed by atoms with Gasteiger partial charge in [0.25, 0.3) is 0 Å². The monoisotopic (exact) mass is 331 g/mol. The van der Waals surface area contributed by atoms with Gasteiger partial charge in [-0.1, -0.05) is 25.1 Å². The number of hydrogen-bond donors (Lipinski definition) is 1. The molecule has 1 atom stereocenters. The van der Waals surface area contributed by atoms with Crippen LogP contribution in [-0.4, -0.2) is 62.1 Å². The first-order valence-corrected chi connectivity index (χ1v) is 8.68. The van der Waals surface area contributed by atoms with E-state index in [-0.39, 0.29) is 11.8 Å². The second-order valence-electron chi connectivity index (χ2n) is 6.21. The third-order valence-corrected chi connectivity index (χ3v) is 4.68. The van der Waals surface area contributed by atoms with Crippen LogP contribution in [0.15, 0.2) is 24.3 Å². The first-order valence-electron chi connectivity index (χ1n) is 8.68. The topological polar surface area (TPSA) is 61.9 Å². The van der Waals surface area contributed by atoms with Crippen molar-refractivity contribution in [2.75, 3.05) is 44.3 Å². The average Bonchev–Trinajstić information content (AvgIpc) is 3.01. The lowest BCUT2D eigenvalue weighted by molar-refractivity contribution is -0.126. The number of benzene rings is 1. The molecule has 0 radical (unpaired) electrons. The van der Waals surface area contributed by atoms with Gasteiger partial charge >= 0.3 is 0 Å². The molecule has 0 bridgehead atoms. The summed E-state index contributed by atoms with van der Waals surface area (Å²) in [4.78, 5) is 28.9. The standard InChI is InChI=1S/C18H25N3O3/c1-2-17(22)21-15-6-4-3-5-14(15)13-16(21)18(23)19-7-8-20-9-11-24-12-10-20/h3-6,16H,2,7-13H2,1H3,(H,19,23)/t16-/m1/s1. The summed E-state index contributed by atoms with van der Waals surface area (Å²) in [6.45, 7) is 6.57. The lowest BCUT2D eigenvalue weighted by atomic mass is 10.1. The van der Waals surface area contributed by atoms with E-state index in [0.29, 0.717) is 19.4 Å². The molecule has 0 saturated carbocycles. The van der Waals surface area contributed by atoms with Crippen LogP contribution in [0.1, 0.15) is 18.9 Å². The highest BCUT2D eigenvalue weighted by atomic mass is 16.5. The largest absolute Gasteiger partial charge is 0.379 e.